The van der Waals surface area contributed by atoms with E-state index < -0.39 is 0 Å². The van der Waals surface area contributed by atoms with Crippen LogP contribution in [0.4, 0.5) is 0 Å². The summed E-state index contributed by atoms with van der Waals surface area (Å²) < 4.78 is 7.68. The molecule has 21 heavy (non-hydrogen) atoms. The highest BCUT2D eigenvalue weighted by molar-refractivity contribution is 5.86. The fourth-order valence-electron chi connectivity index (χ4n) is 3.14. The van der Waals surface area contributed by atoms with Crippen LogP contribution in [0.3, 0.4) is 0 Å². The zero-order chi connectivity index (χ0) is 15.0. The van der Waals surface area contributed by atoms with Gasteiger partial charge in [0.1, 0.15) is 5.76 Å². The van der Waals surface area contributed by atoms with E-state index in [-0.39, 0.29) is 0 Å². The van der Waals surface area contributed by atoms with Gasteiger partial charge in [0.05, 0.1) is 5.69 Å². The van der Waals surface area contributed by atoms with Crippen LogP contribution in [-0.2, 0) is 0 Å². The number of hydrogen-bond donors (Lipinski definition) is 0. The van der Waals surface area contributed by atoms with Crippen molar-refractivity contribution < 1.29 is 4.52 Å². The molecule has 3 nitrogen and oxygen atoms in total. The Hall–Kier alpha value is -2.03. The number of nitrogens with zero attached hydrogens (tertiary/aromatic N) is 2. The second kappa shape index (κ2) is 5.40. The van der Waals surface area contributed by atoms with Crippen LogP contribution >= 0.6 is 0 Å². The molecule has 0 fully saturated rings. The molecule has 0 saturated carbocycles. The van der Waals surface area contributed by atoms with E-state index in [4.69, 9.17) is 4.52 Å². The summed E-state index contributed by atoms with van der Waals surface area (Å²) in [5.41, 5.74) is 4.54. The number of rotatable bonds is 4. The fraction of sp³-hybridized carbons (Fsp3) is 0.389. The maximum atomic E-state index is 5.30. The quantitative estimate of drug-likeness (QED) is 0.652. The van der Waals surface area contributed by atoms with E-state index in [1.807, 2.05) is 13.8 Å². The minimum atomic E-state index is 0.521. The number of benzene rings is 1. The summed E-state index contributed by atoms with van der Waals surface area (Å²) >= 11 is 0. The van der Waals surface area contributed by atoms with Gasteiger partial charge in [0.25, 0.3) is 0 Å². The van der Waals surface area contributed by atoms with E-state index in [0.717, 1.165) is 17.0 Å². The molecule has 3 rings (SSSR count). The van der Waals surface area contributed by atoms with Crippen LogP contribution in [0.5, 0.6) is 0 Å². The Morgan fingerprint density at radius 1 is 1.24 bits per heavy atom. The maximum absolute atomic E-state index is 5.30. The molecule has 1 atom stereocenters. The average Bonchev–Trinajstić information content (AvgIpc) is 3.02. The van der Waals surface area contributed by atoms with Crippen LogP contribution in [0.25, 0.3) is 22.0 Å². The molecule has 0 saturated heterocycles. The van der Waals surface area contributed by atoms with Gasteiger partial charge < -0.3 is 9.09 Å². The first-order valence-electron chi connectivity index (χ1n) is 7.65. The van der Waals surface area contributed by atoms with Gasteiger partial charge in [0, 0.05) is 23.3 Å². The van der Waals surface area contributed by atoms with Crippen LogP contribution in [-0.4, -0.2) is 9.72 Å². The summed E-state index contributed by atoms with van der Waals surface area (Å²) in [6.45, 7) is 8.48. The van der Waals surface area contributed by atoms with Crippen LogP contribution in [0.1, 0.15) is 44.2 Å². The van der Waals surface area contributed by atoms with E-state index in [1.54, 1.807) is 0 Å². The fourth-order valence-corrected chi connectivity index (χ4v) is 3.14. The zero-order valence-electron chi connectivity index (χ0n) is 13.2. The third-order valence-corrected chi connectivity index (χ3v) is 4.23. The summed E-state index contributed by atoms with van der Waals surface area (Å²) in [7, 11) is 0. The number of aryl methyl sites for hydroxylation is 2. The summed E-state index contributed by atoms with van der Waals surface area (Å²) in [4.78, 5) is 0. The van der Waals surface area contributed by atoms with Crippen molar-refractivity contribution >= 4 is 10.9 Å². The predicted octanol–water partition coefficient (Wildman–Crippen LogP) is 5.27. The third-order valence-electron chi connectivity index (χ3n) is 4.23. The molecule has 2 heterocycles. The molecule has 0 spiro atoms. The molecule has 0 bridgehead atoms. The Morgan fingerprint density at radius 2 is 2.05 bits per heavy atom. The van der Waals surface area contributed by atoms with Crippen LogP contribution in [0.15, 0.2) is 35.0 Å². The van der Waals surface area contributed by atoms with Crippen molar-refractivity contribution in [1.29, 1.82) is 0 Å². The molecular weight excluding hydrogens is 260 g/mol. The monoisotopic (exact) mass is 282 g/mol. The lowest BCUT2D eigenvalue weighted by Gasteiger charge is -2.14. The van der Waals surface area contributed by atoms with Gasteiger partial charge in [-0.05, 0) is 50.3 Å². The summed E-state index contributed by atoms with van der Waals surface area (Å²) in [5.74, 6) is 0.881. The van der Waals surface area contributed by atoms with Crippen LogP contribution in [0.2, 0.25) is 0 Å². The van der Waals surface area contributed by atoms with Gasteiger partial charge >= 0.3 is 0 Å². The van der Waals surface area contributed by atoms with Crippen molar-refractivity contribution in [3.8, 4) is 11.1 Å². The highest BCUT2D eigenvalue weighted by atomic mass is 16.5. The normalized spacial score (nSPS) is 13.0. The van der Waals surface area contributed by atoms with Gasteiger partial charge in [-0.2, -0.15) is 0 Å². The largest absolute Gasteiger partial charge is 0.361 e. The molecule has 0 aliphatic rings. The van der Waals surface area contributed by atoms with E-state index in [1.165, 1.54) is 29.3 Å². The molecule has 0 radical (unpaired) electrons. The molecule has 110 valence electrons. The van der Waals surface area contributed by atoms with Gasteiger partial charge in [0.2, 0.25) is 0 Å². The number of hydrogen-bond acceptors (Lipinski definition) is 2. The molecular formula is C18H22N2O. The second-order valence-corrected chi connectivity index (χ2v) is 5.83. The summed E-state index contributed by atoms with van der Waals surface area (Å²) in [6, 6.07) is 9.31. The van der Waals surface area contributed by atoms with Crippen molar-refractivity contribution in [2.75, 3.05) is 0 Å². The van der Waals surface area contributed by atoms with E-state index in [9.17, 15) is 0 Å². The lowest BCUT2D eigenvalue weighted by Crippen LogP contribution is -2.02. The molecule has 1 aromatic carbocycles. The van der Waals surface area contributed by atoms with E-state index in [2.05, 4.69) is 54.0 Å². The molecule has 2 aromatic heterocycles. The third kappa shape index (κ3) is 2.37. The predicted molar refractivity (Wildman–Crippen MR) is 86.5 cm³/mol. The van der Waals surface area contributed by atoms with Gasteiger partial charge in [-0.25, -0.2) is 0 Å². The lowest BCUT2D eigenvalue weighted by molar-refractivity contribution is 0.393. The molecule has 1 unspecified atom stereocenters. The smallest absolute Gasteiger partial charge is 0.141 e. The second-order valence-electron chi connectivity index (χ2n) is 5.83. The van der Waals surface area contributed by atoms with Crippen molar-refractivity contribution in [3.05, 3.63) is 41.9 Å². The summed E-state index contributed by atoms with van der Waals surface area (Å²) in [5, 5.41) is 5.35. The first kappa shape index (κ1) is 13.9. The first-order valence-corrected chi connectivity index (χ1v) is 7.65. The topological polar surface area (TPSA) is 31.0 Å². The Bertz CT molecular complexity index is 747. The molecule has 0 aliphatic carbocycles. The van der Waals surface area contributed by atoms with Crippen molar-refractivity contribution in [2.24, 2.45) is 0 Å². The summed E-state index contributed by atoms with van der Waals surface area (Å²) in [6.07, 6.45) is 4.59. The molecule has 3 aromatic rings. The Kier molecular flexibility index (Phi) is 3.58. The lowest BCUT2D eigenvalue weighted by atomic mass is 10.0. The molecule has 0 aliphatic heterocycles. The first-order chi connectivity index (χ1) is 10.1. The minimum Gasteiger partial charge on any atom is -0.361 e. The minimum absolute atomic E-state index is 0.521. The molecule has 0 N–H and O–H groups in total. The SMILES string of the molecule is CCCC(C)n1ccc2ccc(-c3c(C)noc3C)cc21. The zero-order valence-corrected chi connectivity index (χ0v) is 13.2. The van der Waals surface area contributed by atoms with E-state index >= 15 is 0 Å². The van der Waals surface area contributed by atoms with Gasteiger partial charge in [-0.3, -0.25) is 0 Å². The maximum Gasteiger partial charge on any atom is 0.141 e. The Morgan fingerprint density at radius 3 is 2.71 bits per heavy atom. The van der Waals surface area contributed by atoms with Crippen molar-refractivity contribution in [3.63, 3.8) is 0 Å². The molecule has 3 heteroatoms. The molecule has 0 amide bonds. The standard InChI is InChI=1S/C18H22N2O/c1-5-6-12(2)20-10-9-15-7-8-16(11-17(15)20)18-13(3)19-21-14(18)4/h7-12H,5-6H2,1-4H3. The van der Waals surface area contributed by atoms with Crippen molar-refractivity contribution in [2.45, 2.75) is 46.6 Å². The highest BCUT2D eigenvalue weighted by Crippen LogP contribution is 2.31. The van der Waals surface area contributed by atoms with Gasteiger partial charge in [0.15, 0.2) is 0 Å². The Labute approximate surface area is 125 Å². The number of aromatic nitrogens is 2. The Balaban J connectivity index is 2.13. The van der Waals surface area contributed by atoms with Gasteiger partial charge in [-0.15, -0.1) is 0 Å². The number of fused-ring (bicyclic) bond motifs is 1. The average molecular weight is 282 g/mol. The van der Waals surface area contributed by atoms with E-state index in [0.29, 0.717) is 6.04 Å². The van der Waals surface area contributed by atoms with Crippen LogP contribution in [0, 0.1) is 13.8 Å². The van der Waals surface area contributed by atoms with Gasteiger partial charge in [-0.1, -0.05) is 30.6 Å². The highest BCUT2D eigenvalue weighted by Gasteiger charge is 2.14. The van der Waals surface area contributed by atoms with Crippen LogP contribution < -0.4 is 0 Å². The van der Waals surface area contributed by atoms with Crippen molar-refractivity contribution in [1.82, 2.24) is 9.72 Å².